The number of halogens is 1. The van der Waals surface area contributed by atoms with Crippen LogP contribution < -0.4 is 9.47 Å². The average molecular weight is 570 g/mol. The fourth-order valence-corrected chi connectivity index (χ4v) is 5.64. The Bertz CT molecular complexity index is 1280. The lowest BCUT2D eigenvalue weighted by Crippen LogP contribution is -2.43. The number of piperidine rings is 1. The van der Waals surface area contributed by atoms with E-state index in [9.17, 15) is 14.0 Å². The molecule has 0 unspecified atom stereocenters. The Morgan fingerprint density at radius 1 is 1.07 bits per heavy atom. The second-order valence-corrected chi connectivity index (χ2v) is 10.7. The average Bonchev–Trinajstić information content (AvgIpc) is 3.45. The lowest BCUT2D eigenvalue weighted by atomic mass is 9.98. The number of benzene rings is 2. The normalized spacial score (nSPS) is 15.2. The molecular weight excluding hydrogens is 533 g/mol. The maximum Gasteiger partial charge on any atom is 0.310 e. The van der Waals surface area contributed by atoms with E-state index in [1.807, 2.05) is 18.2 Å². The van der Waals surface area contributed by atoms with Crippen LogP contribution in [0.5, 0.6) is 11.5 Å². The number of rotatable bonds is 12. The van der Waals surface area contributed by atoms with Gasteiger partial charge < -0.3 is 19.1 Å². The molecular formula is C30H36FN3O5S. The Hall–Kier alpha value is -3.50. The molecule has 4 rings (SSSR count). The first kappa shape index (κ1) is 29.5. The third-order valence-electron chi connectivity index (χ3n) is 6.94. The van der Waals surface area contributed by atoms with Gasteiger partial charge in [0.15, 0.2) is 11.5 Å². The Balaban J connectivity index is 1.44. The van der Waals surface area contributed by atoms with Crippen LogP contribution in [0.3, 0.4) is 0 Å². The van der Waals surface area contributed by atoms with Crippen molar-refractivity contribution in [3.63, 3.8) is 0 Å². The zero-order valence-electron chi connectivity index (χ0n) is 23.2. The lowest BCUT2D eigenvalue weighted by molar-refractivity contribution is -0.149. The molecule has 1 aromatic heterocycles. The highest BCUT2D eigenvalue weighted by molar-refractivity contribution is 7.09. The van der Waals surface area contributed by atoms with Gasteiger partial charge >= 0.3 is 5.97 Å². The van der Waals surface area contributed by atoms with Gasteiger partial charge in [0.05, 0.1) is 33.3 Å². The number of thiazole rings is 1. The van der Waals surface area contributed by atoms with Crippen molar-refractivity contribution in [3.8, 4) is 11.5 Å². The summed E-state index contributed by atoms with van der Waals surface area (Å²) >= 11 is 1.44. The second kappa shape index (κ2) is 14.2. The van der Waals surface area contributed by atoms with E-state index in [-0.39, 0.29) is 23.6 Å². The summed E-state index contributed by atoms with van der Waals surface area (Å²) in [6, 6.07) is 12.4. The summed E-state index contributed by atoms with van der Waals surface area (Å²) in [7, 11) is 3.23. The molecule has 0 spiro atoms. The molecule has 10 heteroatoms. The summed E-state index contributed by atoms with van der Waals surface area (Å²) in [4.78, 5) is 34.0. The van der Waals surface area contributed by atoms with Crippen LogP contribution in [-0.2, 0) is 29.0 Å². The van der Waals surface area contributed by atoms with Gasteiger partial charge in [-0.05, 0) is 61.6 Å². The summed E-state index contributed by atoms with van der Waals surface area (Å²) in [5.74, 6) is 0.384. The van der Waals surface area contributed by atoms with Gasteiger partial charge in [-0.2, -0.15) is 0 Å². The van der Waals surface area contributed by atoms with Gasteiger partial charge in [-0.3, -0.25) is 14.5 Å². The third kappa shape index (κ3) is 7.79. The smallest absolute Gasteiger partial charge is 0.310 e. The number of nitrogens with zero attached hydrogens (tertiary/aromatic N) is 3. The standard InChI is InChI=1S/C30H36FN3O5S/c1-4-39-30(36)23-6-5-14-34(18-23)29(35)25-20-40-28(32-25)19-33(17-22-7-10-24(31)11-8-22)15-13-21-9-12-26(37-2)27(16-21)38-3/h7-12,16,20,23H,4-6,13-15,17-19H2,1-3H3/t23-/m0/s1. The van der Waals surface area contributed by atoms with Crippen molar-refractivity contribution >= 4 is 23.2 Å². The predicted molar refractivity (Wildman–Crippen MR) is 151 cm³/mol. The highest BCUT2D eigenvalue weighted by atomic mass is 32.1. The Kier molecular flexibility index (Phi) is 10.5. The molecule has 0 radical (unpaired) electrons. The maximum absolute atomic E-state index is 13.5. The molecule has 1 aliphatic rings. The number of carbonyl (C=O) groups is 2. The Morgan fingerprint density at radius 2 is 1.82 bits per heavy atom. The molecule has 2 heterocycles. The third-order valence-corrected chi connectivity index (χ3v) is 7.78. The number of hydrogen-bond donors (Lipinski definition) is 0. The Morgan fingerprint density at radius 3 is 2.55 bits per heavy atom. The first-order valence-electron chi connectivity index (χ1n) is 13.5. The van der Waals surface area contributed by atoms with E-state index >= 15 is 0 Å². The first-order valence-corrected chi connectivity index (χ1v) is 14.4. The molecule has 1 fully saturated rings. The van der Waals surface area contributed by atoms with Crippen molar-refractivity contribution < 1.29 is 28.2 Å². The summed E-state index contributed by atoms with van der Waals surface area (Å²) in [5.41, 5.74) is 2.48. The molecule has 2 aromatic carbocycles. The largest absolute Gasteiger partial charge is 0.493 e. The van der Waals surface area contributed by atoms with Crippen LogP contribution in [0, 0.1) is 11.7 Å². The fraction of sp³-hybridized carbons (Fsp3) is 0.433. The zero-order valence-corrected chi connectivity index (χ0v) is 24.0. The number of methoxy groups -OCH3 is 2. The van der Waals surface area contributed by atoms with Gasteiger partial charge in [0.1, 0.15) is 16.5 Å². The quantitative estimate of drug-likeness (QED) is 0.285. The van der Waals surface area contributed by atoms with E-state index in [4.69, 9.17) is 14.2 Å². The summed E-state index contributed by atoms with van der Waals surface area (Å²) in [6.45, 7) is 4.92. The highest BCUT2D eigenvalue weighted by Gasteiger charge is 2.30. The summed E-state index contributed by atoms with van der Waals surface area (Å²) in [5, 5.41) is 2.60. The SMILES string of the molecule is CCOC(=O)[C@H]1CCCN(C(=O)c2csc(CN(CCc3ccc(OC)c(OC)c3)Cc3ccc(F)cc3)n2)C1. The van der Waals surface area contributed by atoms with Gasteiger partial charge in [0, 0.05) is 31.6 Å². The molecule has 1 aliphatic heterocycles. The molecule has 0 saturated carbocycles. The minimum absolute atomic E-state index is 0.160. The number of amides is 1. The molecule has 0 N–H and O–H groups in total. The molecule has 0 aliphatic carbocycles. The van der Waals surface area contributed by atoms with E-state index < -0.39 is 0 Å². The predicted octanol–water partition coefficient (Wildman–Crippen LogP) is 4.96. The van der Waals surface area contributed by atoms with E-state index in [2.05, 4.69) is 9.88 Å². The number of aromatic nitrogens is 1. The number of esters is 1. The highest BCUT2D eigenvalue weighted by Crippen LogP contribution is 2.28. The first-order chi connectivity index (χ1) is 19.4. The van der Waals surface area contributed by atoms with Crippen molar-refractivity contribution in [2.45, 2.75) is 39.3 Å². The van der Waals surface area contributed by atoms with Crippen LogP contribution in [0.15, 0.2) is 47.8 Å². The molecule has 1 atom stereocenters. The van der Waals surface area contributed by atoms with Crippen molar-refractivity contribution in [1.29, 1.82) is 0 Å². The van der Waals surface area contributed by atoms with E-state index in [1.165, 1.54) is 23.5 Å². The fourth-order valence-electron chi connectivity index (χ4n) is 4.83. The number of ether oxygens (including phenoxy) is 3. The topological polar surface area (TPSA) is 81.2 Å². The van der Waals surface area contributed by atoms with Crippen LogP contribution in [0.2, 0.25) is 0 Å². The van der Waals surface area contributed by atoms with E-state index in [0.29, 0.717) is 56.5 Å². The minimum Gasteiger partial charge on any atom is -0.493 e. The Labute approximate surface area is 238 Å². The monoisotopic (exact) mass is 569 g/mol. The van der Waals surface area contributed by atoms with Gasteiger partial charge in [0.25, 0.3) is 5.91 Å². The van der Waals surface area contributed by atoms with Gasteiger partial charge in [0.2, 0.25) is 0 Å². The zero-order chi connectivity index (χ0) is 28.5. The van der Waals surface area contributed by atoms with Crippen molar-refractivity contribution in [1.82, 2.24) is 14.8 Å². The molecule has 3 aromatic rings. The molecule has 1 amide bonds. The van der Waals surface area contributed by atoms with Crippen LogP contribution >= 0.6 is 11.3 Å². The lowest BCUT2D eigenvalue weighted by Gasteiger charge is -2.31. The van der Waals surface area contributed by atoms with Gasteiger partial charge in [-0.1, -0.05) is 18.2 Å². The van der Waals surface area contributed by atoms with E-state index in [1.54, 1.807) is 43.6 Å². The van der Waals surface area contributed by atoms with Crippen LogP contribution in [0.4, 0.5) is 4.39 Å². The molecule has 8 nitrogen and oxygen atoms in total. The minimum atomic E-state index is -0.293. The van der Waals surface area contributed by atoms with Crippen molar-refractivity contribution in [2.24, 2.45) is 5.92 Å². The summed E-state index contributed by atoms with van der Waals surface area (Å²) < 4.78 is 29.5. The van der Waals surface area contributed by atoms with Gasteiger partial charge in [-0.15, -0.1) is 11.3 Å². The second-order valence-electron chi connectivity index (χ2n) is 9.75. The summed E-state index contributed by atoms with van der Waals surface area (Å²) in [6.07, 6.45) is 2.24. The van der Waals surface area contributed by atoms with Crippen LogP contribution in [0.25, 0.3) is 0 Å². The number of hydrogen-bond acceptors (Lipinski definition) is 8. The van der Waals surface area contributed by atoms with Crippen LogP contribution in [0.1, 0.15) is 46.4 Å². The molecule has 1 saturated heterocycles. The van der Waals surface area contributed by atoms with Crippen molar-refractivity contribution in [2.75, 3.05) is 40.5 Å². The van der Waals surface area contributed by atoms with Gasteiger partial charge in [-0.25, -0.2) is 9.37 Å². The van der Waals surface area contributed by atoms with Crippen molar-refractivity contribution in [3.05, 3.63) is 75.5 Å². The number of carbonyl (C=O) groups excluding carboxylic acids is 2. The molecule has 214 valence electrons. The number of likely N-dealkylation sites (tertiary alicyclic amines) is 1. The van der Waals surface area contributed by atoms with Crippen LogP contribution in [-0.4, -0.2) is 67.1 Å². The van der Waals surface area contributed by atoms with E-state index in [0.717, 1.165) is 35.4 Å². The maximum atomic E-state index is 13.5. The molecule has 0 bridgehead atoms. The molecule has 40 heavy (non-hydrogen) atoms.